The minimum atomic E-state index is -0.764. The molecule has 0 spiro atoms. The Morgan fingerprint density at radius 3 is 2.77 bits per heavy atom. The molecule has 3 atom stereocenters. The Balaban J connectivity index is 2.67. The molecule has 1 aliphatic rings. The number of aliphatic hydroxyl groups excluding tert-OH is 1. The van der Waals surface area contributed by atoms with Crippen molar-refractivity contribution in [3.05, 3.63) is 11.6 Å². The SMILES string of the molecule is CC(=O)C(O)C1CC=C(C)CC1C. The van der Waals surface area contributed by atoms with Crippen molar-refractivity contribution in [2.24, 2.45) is 11.8 Å². The molecule has 0 saturated carbocycles. The van der Waals surface area contributed by atoms with Crippen molar-refractivity contribution in [2.75, 3.05) is 0 Å². The number of ketones is 1. The molecule has 0 radical (unpaired) electrons. The standard InChI is InChI=1S/C11H18O2/c1-7-4-5-10(8(2)6-7)11(13)9(3)12/h4,8,10-11,13H,5-6H2,1-3H3. The quantitative estimate of drug-likeness (QED) is 0.662. The van der Waals surface area contributed by atoms with Crippen LogP contribution in [0.5, 0.6) is 0 Å². The van der Waals surface area contributed by atoms with Crippen molar-refractivity contribution in [1.29, 1.82) is 0 Å². The number of rotatable bonds is 2. The molecule has 0 heterocycles. The lowest BCUT2D eigenvalue weighted by Gasteiger charge is -2.30. The smallest absolute Gasteiger partial charge is 0.158 e. The Morgan fingerprint density at radius 2 is 2.31 bits per heavy atom. The van der Waals surface area contributed by atoms with E-state index in [0.717, 1.165) is 12.8 Å². The van der Waals surface area contributed by atoms with Gasteiger partial charge in [0.2, 0.25) is 0 Å². The lowest BCUT2D eigenvalue weighted by atomic mass is 9.77. The summed E-state index contributed by atoms with van der Waals surface area (Å²) >= 11 is 0. The summed E-state index contributed by atoms with van der Waals surface area (Å²) in [5, 5.41) is 9.63. The van der Waals surface area contributed by atoms with Gasteiger partial charge in [0.25, 0.3) is 0 Å². The zero-order valence-electron chi connectivity index (χ0n) is 8.58. The fourth-order valence-corrected chi connectivity index (χ4v) is 2.05. The van der Waals surface area contributed by atoms with E-state index in [1.54, 1.807) is 0 Å². The topological polar surface area (TPSA) is 37.3 Å². The minimum absolute atomic E-state index is 0.107. The normalized spacial score (nSPS) is 30.9. The van der Waals surface area contributed by atoms with E-state index < -0.39 is 6.10 Å². The van der Waals surface area contributed by atoms with Crippen LogP contribution < -0.4 is 0 Å². The maximum atomic E-state index is 11.0. The van der Waals surface area contributed by atoms with E-state index in [2.05, 4.69) is 19.9 Å². The fraction of sp³-hybridized carbons (Fsp3) is 0.727. The lowest BCUT2D eigenvalue weighted by Crippen LogP contribution is -2.33. The Labute approximate surface area is 79.6 Å². The summed E-state index contributed by atoms with van der Waals surface area (Å²) in [7, 11) is 0. The highest BCUT2D eigenvalue weighted by Gasteiger charge is 2.29. The van der Waals surface area contributed by atoms with Gasteiger partial charge in [0, 0.05) is 0 Å². The zero-order chi connectivity index (χ0) is 10.0. The van der Waals surface area contributed by atoms with Crippen LogP contribution in [0.4, 0.5) is 0 Å². The maximum absolute atomic E-state index is 11.0. The van der Waals surface area contributed by atoms with Gasteiger partial charge >= 0.3 is 0 Å². The predicted molar refractivity (Wildman–Crippen MR) is 52.3 cm³/mol. The van der Waals surface area contributed by atoms with Crippen LogP contribution in [0.25, 0.3) is 0 Å². The Hall–Kier alpha value is -0.630. The van der Waals surface area contributed by atoms with Crippen LogP contribution in [0.1, 0.15) is 33.6 Å². The second-order valence-electron chi connectivity index (χ2n) is 4.19. The highest BCUT2D eigenvalue weighted by Crippen LogP contribution is 2.31. The molecule has 3 unspecified atom stereocenters. The van der Waals surface area contributed by atoms with E-state index in [1.807, 2.05) is 0 Å². The van der Waals surface area contributed by atoms with Crippen molar-refractivity contribution >= 4 is 5.78 Å². The second-order valence-corrected chi connectivity index (χ2v) is 4.19. The van der Waals surface area contributed by atoms with Gasteiger partial charge in [-0.1, -0.05) is 18.6 Å². The summed E-state index contributed by atoms with van der Waals surface area (Å²) < 4.78 is 0. The predicted octanol–water partition coefficient (Wildman–Crippen LogP) is 1.93. The Kier molecular flexibility index (Phi) is 3.26. The molecule has 1 rings (SSSR count). The first-order chi connectivity index (χ1) is 6.02. The number of carbonyl (C=O) groups is 1. The third kappa shape index (κ3) is 2.41. The first-order valence-corrected chi connectivity index (χ1v) is 4.86. The molecule has 2 nitrogen and oxygen atoms in total. The number of carbonyl (C=O) groups excluding carboxylic acids is 1. The summed E-state index contributed by atoms with van der Waals surface area (Å²) in [5.74, 6) is 0.440. The van der Waals surface area contributed by atoms with Crippen molar-refractivity contribution in [3.63, 3.8) is 0 Å². The second kappa shape index (κ2) is 4.05. The van der Waals surface area contributed by atoms with Crippen LogP contribution in [-0.2, 0) is 4.79 Å². The highest BCUT2D eigenvalue weighted by atomic mass is 16.3. The number of Topliss-reactive ketones (excluding diaryl/α,β-unsaturated/α-hetero) is 1. The van der Waals surface area contributed by atoms with E-state index in [4.69, 9.17) is 0 Å². The van der Waals surface area contributed by atoms with Crippen LogP contribution in [0.15, 0.2) is 11.6 Å². The van der Waals surface area contributed by atoms with Crippen molar-refractivity contribution in [1.82, 2.24) is 0 Å². The molecular formula is C11H18O2. The van der Waals surface area contributed by atoms with Gasteiger partial charge < -0.3 is 5.11 Å². The fourth-order valence-electron chi connectivity index (χ4n) is 2.05. The monoisotopic (exact) mass is 182 g/mol. The zero-order valence-corrected chi connectivity index (χ0v) is 8.58. The summed E-state index contributed by atoms with van der Waals surface area (Å²) in [5.41, 5.74) is 1.37. The van der Waals surface area contributed by atoms with Crippen molar-refractivity contribution < 1.29 is 9.90 Å². The number of aliphatic hydroxyl groups is 1. The van der Waals surface area contributed by atoms with E-state index in [9.17, 15) is 9.90 Å². The van der Waals surface area contributed by atoms with Crippen LogP contribution in [0.2, 0.25) is 0 Å². The molecule has 0 aromatic rings. The van der Waals surface area contributed by atoms with Crippen LogP contribution in [-0.4, -0.2) is 17.0 Å². The van der Waals surface area contributed by atoms with Gasteiger partial charge in [0.1, 0.15) is 6.10 Å². The molecule has 0 aliphatic heterocycles. The van der Waals surface area contributed by atoms with Crippen LogP contribution in [0.3, 0.4) is 0 Å². The van der Waals surface area contributed by atoms with E-state index in [1.165, 1.54) is 12.5 Å². The van der Waals surface area contributed by atoms with Gasteiger partial charge in [-0.05, 0) is 38.5 Å². The number of hydrogen-bond acceptors (Lipinski definition) is 2. The summed E-state index contributed by atoms with van der Waals surface area (Å²) in [4.78, 5) is 11.0. The Morgan fingerprint density at radius 1 is 1.69 bits per heavy atom. The van der Waals surface area contributed by atoms with Gasteiger partial charge in [-0.15, -0.1) is 0 Å². The molecular weight excluding hydrogens is 164 g/mol. The molecule has 2 heteroatoms. The minimum Gasteiger partial charge on any atom is -0.385 e. The summed E-state index contributed by atoms with van der Waals surface area (Å²) in [6.45, 7) is 5.67. The molecule has 1 aliphatic carbocycles. The maximum Gasteiger partial charge on any atom is 0.158 e. The molecule has 74 valence electrons. The van der Waals surface area contributed by atoms with Gasteiger partial charge in [-0.2, -0.15) is 0 Å². The first kappa shape index (κ1) is 10.5. The molecule has 0 saturated heterocycles. The molecule has 0 amide bonds. The average molecular weight is 182 g/mol. The van der Waals surface area contributed by atoms with Crippen molar-refractivity contribution in [2.45, 2.75) is 39.7 Å². The van der Waals surface area contributed by atoms with Crippen LogP contribution >= 0.6 is 0 Å². The molecule has 0 bridgehead atoms. The number of hydrogen-bond donors (Lipinski definition) is 1. The first-order valence-electron chi connectivity index (χ1n) is 4.86. The van der Waals surface area contributed by atoms with E-state index >= 15 is 0 Å². The van der Waals surface area contributed by atoms with Gasteiger partial charge in [-0.3, -0.25) is 4.79 Å². The molecule has 1 N–H and O–H groups in total. The number of allylic oxidation sites excluding steroid dienone is 2. The molecule has 0 fully saturated rings. The molecule has 0 aromatic heterocycles. The third-order valence-corrected chi connectivity index (χ3v) is 2.94. The van der Waals surface area contributed by atoms with Gasteiger partial charge in [0.05, 0.1) is 0 Å². The third-order valence-electron chi connectivity index (χ3n) is 2.94. The van der Waals surface area contributed by atoms with Gasteiger partial charge in [0.15, 0.2) is 5.78 Å². The molecule has 0 aromatic carbocycles. The largest absolute Gasteiger partial charge is 0.385 e. The molecule has 13 heavy (non-hydrogen) atoms. The Bertz CT molecular complexity index is 230. The van der Waals surface area contributed by atoms with E-state index in [-0.39, 0.29) is 11.7 Å². The average Bonchev–Trinajstić information content (AvgIpc) is 2.03. The summed E-state index contributed by atoms with van der Waals surface area (Å²) in [6.07, 6.45) is 3.22. The van der Waals surface area contributed by atoms with E-state index in [0.29, 0.717) is 5.92 Å². The highest BCUT2D eigenvalue weighted by molar-refractivity contribution is 5.80. The van der Waals surface area contributed by atoms with Crippen molar-refractivity contribution in [3.8, 4) is 0 Å². The van der Waals surface area contributed by atoms with Gasteiger partial charge in [-0.25, -0.2) is 0 Å². The lowest BCUT2D eigenvalue weighted by molar-refractivity contribution is -0.128. The van der Waals surface area contributed by atoms with Crippen LogP contribution in [0, 0.1) is 11.8 Å². The summed E-state index contributed by atoms with van der Waals surface area (Å²) in [6, 6.07) is 0.